The predicted molar refractivity (Wildman–Crippen MR) is 105 cm³/mol. The van der Waals surface area contributed by atoms with Crippen LogP contribution in [0.4, 0.5) is 6.01 Å². The molecule has 0 aliphatic carbocycles. The monoisotopic (exact) mass is 382 g/mol. The van der Waals surface area contributed by atoms with Gasteiger partial charge in [-0.15, -0.1) is 6.42 Å². The number of methoxy groups -OCH3 is 1. The maximum atomic E-state index is 5.92. The highest BCUT2D eigenvalue weighted by Gasteiger charge is 2.21. The lowest BCUT2D eigenvalue weighted by Gasteiger charge is -2.33. The SMILES string of the molecule is C#Cc1ccc(CN2CCN(c3nc4nc(Cl)ccc4o3)CC2)cc1OC. The number of benzene rings is 1. The van der Waals surface area contributed by atoms with Gasteiger partial charge in [-0.05, 0) is 29.8 Å². The summed E-state index contributed by atoms with van der Waals surface area (Å²) in [7, 11) is 1.64. The second kappa shape index (κ2) is 7.47. The van der Waals surface area contributed by atoms with Crippen LogP contribution >= 0.6 is 11.6 Å². The van der Waals surface area contributed by atoms with Crippen LogP contribution in [0.15, 0.2) is 34.7 Å². The third-order valence-electron chi connectivity index (χ3n) is 4.68. The van der Waals surface area contributed by atoms with Gasteiger partial charge in [-0.25, -0.2) is 4.98 Å². The van der Waals surface area contributed by atoms with Crippen LogP contribution in [0.2, 0.25) is 5.15 Å². The van der Waals surface area contributed by atoms with Crippen LogP contribution in [0, 0.1) is 12.3 Å². The molecular weight excluding hydrogens is 364 g/mol. The summed E-state index contributed by atoms with van der Waals surface area (Å²) in [5.74, 6) is 3.38. The predicted octanol–water partition coefficient (Wildman–Crippen LogP) is 3.19. The maximum Gasteiger partial charge on any atom is 0.300 e. The highest BCUT2D eigenvalue weighted by Crippen LogP contribution is 2.24. The molecule has 0 radical (unpaired) electrons. The molecule has 1 saturated heterocycles. The van der Waals surface area contributed by atoms with E-state index in [0.29, 0.717) is 22.4 Å². The maximum absolute atomic E-state index is 5.92. The largest absolute Gasteiger partial charge is 0.495 e. The zero-order valence-electron chi connectivity index (χ0n) is 15.0. The van der Waals surface area contributed by atoms with Crippen LogP contribution in [0.25, 0.3) is 11.2 Å². The Hall–Kier alpha value is -2.75. The molecule has 4 rings (SSSR count). The summed E-state index contributed by atoms with van der Waals surface area (Å²) in [5, 5.41) is 0.415. The van der Waals surface area contributed by atoms with Crippen molar-refractivity contribution >= 4 is 28.8 Å². The molecule has 1 aliphatic heterocycles. The van der Waals surface area contributed by atoms with Gasteiger partial charge in [-0.1, -0.05) is 23.6 Å². The Morgan fingerprint density at radius 2 is 2.00 bits per heavy atom. The van der Waals surface area contributed by atoms with Crippen molar-refractivity contribution in [2.45, 2.75) is 6.54 Å². The number of nitrogens with zero attached hydrogens (tertiary/aromatic N) is 4. The van der Waals surface area contributed by atoms with Crippen LogP contribution in [-0.4, -0.2) is 48.2 Å². The quantitative estimate of drug-likeness (QED) is 0.510. The van der Waals surface area contributed by atoms with Gasteiger partial charge in [0.05, 0.1) is 12.7 Å². The molecule has 0 spiro atoms. The minimum Gasteiger partial charge on any atom is -0.495 e. The second-order valence-electron chi connectivity index (χ2n) is 6.39. The summed E-state index contributed by atoms with van der Waals surface area (Å²) >= 11 is 5.92. The Morgan fingerprint density at radius 1 is 1.19 bits per heavy atom. The van der Waals surface area contributed by atoms with Crippen molar-refractivity contribution in [2.24, 2.45) is 0 Å². The van der Waals surface area contributed by atoms with Crippen LogP contribution in [0.1, 0.15) is 11.1 Å². The lowest BCUT2D eigenvalue weighted by molar-refractivity contribution is 0.245. The lowest BCUT2D eigenvalue weighted by Crippen LogP contribution is -2.46. The number of pyridine rings is 1. The Labute approximate surface area is 162 Å². The fraction of sp³-hybridized carbons (Fsp3) is 0.300. The van der Waals surface area contributed by atoms with Crippen molar-refractivity contribution in [2.75, 3.05) is 38.2 Å². The van der Waals surface area contributed by atoms with Gasteiger partial charge in [-0.2, -0.15) is 4.98 Å². The molecule has 0 amide bonds. The van der Waals surface area contributed by atoms with E-state index < -0.39 is 0 Å². The van der Waals surface area contributed by atoms with Crippen LogP contribution in [-0.2, 0) is 6.54 Å². The Balaban J connectivity index is 1.40. The third-order valence-corrected chi connectivity index (χ3v) is 4.89. The number of ether oxygens (including phenoxy) is 1. The first-order valence-corrected chi connectivity index (χ1v) is 9.08. The third kappa shape index (κ3) is 3.70. The first-order valence-electron chi connectivity index (χ1n) is 8.70. The number of rotatable bonds is 4. The first-order chi connectivity index (χ1) is 13.2. The van der Waals surface area contributed by atoms with E-state index in [1.54, 1.807) is 19.2 Å². The Morgan fingerprint density at radius 3 is 2.74 bits per heavy atom. The normalized spacial score (nSPS) is 15.1. The summed E-state index contributed by atoms with van der Waals surface area (Å²) in [4.78, 5) is 13.2. The van der Waals surface area contributed by atoms with Gasteiger partial charge in [0.1, 0.15) is 10.9 Å². The van der Waals surface area contributed by atoms with Crippen molar-refractivity contribution in [1.82, 2.24) is 14.9 Å². The highest BCUT2D eigenvalue weighted by molar-refractivity contribution is 6.29. The average molecular weight is 383 g/mol. The number of anilines is 1. The summed E-state index contributed by atoms with van der Waals surface area (Å²) in [6.07, 6.45) is 5.49. The molecule has 0 atom stereocenters. The van der Waals surface area contributed by atoms with E-state index in [0.717, 1.165) is 44.0 Å². The fourth-order valence-electron chi connectivity index (χ4n) is 3.23. The van der Waals surface area contributed by atoms with Crippen molar-refractivity contribution in [3.05, 3.63) is 46.6 Å². The molecule has 0 saturated carbocycles. The van der Waals surface area contributed by atoms with Gasteiger partial charge < -0.3 is 14.1 Å². The summed E-state index contributed by atoms with van der Waals surface area (Å²) in [6, 6.07) is 10.1. The van der Waals surface area contributed by atoms with Gasteiger partial charge in [0.15, 0.2) is 5.58 Å². The van der Waals surface area contributed by atoms with Gasteiger partial charge in [-0.3, -0.25) is 4.90 Å². The molecule has 1 aromatic carbocycles. The number of halogens is 1. The van der Waals surface area contributed by atoms with Crippen LogP contribution in [0.5, 0.6) is 5.75 Å². The topological polar surface area (TPSA) is 54.6 Å². The van der Waals surface area contributed by atoms with Crippen LogP contribution in [0.3, 0.4) is 0 Å². The minimum absolute atomic E-state index is 0.415. The average Bonchev–Trinajstić information content (AvgIpc) is 3.11. The molecule has 3 aromatic rings. The van der Waals surface area contributed by atoms with Gasteiger partial charge in [0.2, 0.25) is 5.65 Å². The number of aromatic nitrogens is 2. The molecule has 2 aromatic heterocycles. The van der Waals surface area contributed by atoms with E-state index >= 15 is 0 Å². The molecule has 1 fully saturated rings. The smallest absolute Gasteiger partial charge is 0.300 e. The zero-order valence-corrected chi connectivity index (χ0v) is 15.7. The second-order valence-corrected chi connectivity index (χ2v) is 6.78. The number of oxazole rings is 1. The van der Waals surface area contributed by atoms with E-state index in [4.69, 9.17) is 27.2 Å². The minimum atomic E-state index is 0.415. The summed E-state index contributed by atoms with van der Waals surface area (Å²) in [5.41, 5.74) is 3.15. The van der Waals surface area contributed by atoms with E-state index in [2.05, 4.69) is 31.8 Å². The molecular formula is C20H19ClN4O2. The number of fused-ring (bicyclic) bond motifs is 1. The van der Waals surface area contributed by atoms with Crippen molar-refractivity contribution in [3.63, 3.8) is 0 Å². The van der Waals surface area contributed by atoms with Crippen molar-refractivity contribution in [1.29, 1.82) is 0 Å². The Bertz CT molecular complexity index is 1000. The fourth-order valence-corrected chi connectivity index (χ4v) is 3.37. The van der Waals surface area contributed by atoms with E-state index in [-0.39, 0.29) is 0 Å². The standard InChI is InChI=1S/C20H19ClN4O2/c1-3-15-5-4-14(12-17(15)26-2)13-24-8-10-25(11-9-24)20-23-19-16(27-20)6-7-18(21)22-19/h1,4-7,12H,8-11,13H2,2H3. The van der Waals surface area contributed by atoms with Gasteiger partial charge >= 0.3 is 0 Å². The Kier molecular flexibility index (Phi) is 4.88. The van der Waals surface area contributed by atoms with E-state index in [1.165, 1.54) is 5.56 Å². The number of hydrogen-bond acceptors (Lipinski definition) is 6. The molecule has 3 heterocycles. The molecule has 0 bridgehead atoms. The zero-order chi connectivity index (χ0) is 18.8. The molecule has 7 heteroatoms. The first kappa shape index (κ1) is 17.7. The van der Waals surface area contributed by atoms with Crippen molar-refractivity contribution in [3.8, 4) is 18.1 Å². The summed E-state index contributed by atoms with van der Waals surface area (Å²) in [6.45, 7) is 4.33. The molecule has 0 N–H and O–H groups in total. The highest BCUT2D eigenvalue weighted by atomic mass is 35.5. The van der Waals surface area contributed by atoms with E-state index in [9.17, 15) is 0 Å². The molecule has 0 unspecified atom stereocenters. The molecule has 1 aliphatic rings. The lowest BCUT2D eigenvalue weighted by atomic mass is 10.1. The number of terminal acetylenes is 1. The number of hydrogen-bond donors (Lipinski definition) is 0. The molecule has 138 valence electrons. The van der Waals surface area contributed by atoms with Gasteiger partial charge in [0, 0.05) is 32.7 Å². The van der Waals surface area contributed by atoms with Crippen molar-refractivity contribution < 1.29 is 9.15 Å². The summed E-state index contributed by atoms with van der Waals surface area (Å²) < 4.78 is 11.2. The molecule has 6 nitrogen and oxygen atoms in total. The number of piperazine rings is 1. The van der Waals surface area contributed by atoms with E-state index in [1.807, 2.05) is 12.1 Å². The van der Waals surface area contributed by atoms with Crippen LogP contribution < -0.4 is 9.64 Å². The molecule has 27 heavy (non-hydrogen) atoms. The van der Waals surface area contributed by atoms with Gasteiger partial charge in [0.25, 0.3) is 6.01 Å².